The van der Waals surface area contributed by atoms with Gasteiger partial charge in [0.05, 0.1) is 0 Å². The van der Waals surface area contributed by atoms with Crippen LogP contribution in [0.1, 0.15) is 49.1 Å². The third-order valence-electron chi connectivity index (χ3n) is 6.94. The molecule has 2 aliphatic rings. The predicted molar refractivity (Wildman–Crippen MR) is 130 cm³/mol. The van der Waals surface area contributed by atoms with Crippen LogP contribution in [-0.4, -0.2) is 55.5 Å². The number of alkyl carbamates (subject to hydrolysis) is 1. The molecule has 4 rings (SSSR count). The molecule has 0 saturated heterocycles. The fraction of sp³-hybridized carbons (Fsp3) is 0.444. The fourth-order valence-corrected chi connectivity index (χ4v) is 5.15. The first-order chi connectivity index (χ1) is 17.0. The molecule has 0 bridgehead atoms. The molecule has 8 nitrogen and oxygen atoms in total. The van der Waals surface area contributed by atoms with E-state index in [1.165, 1.54) is 18.2 Å². The second kappa shape index (κ2) is 11.4. The summed E-state index contributed by atoms with van der Waals surface area (Å²) in [4.78, 5) is 36.7. The average Bonchev–Trinajstić information content (AvgIpc) is 3.19. The van der Waals surface area contributed by atoms with Gasteiger partial charge in [0, 0.05) is 38.0 Å². The van der Waals surface area contributed by atoms with E-state index in [0.717, 1.165) is 24.0 Å². The lowest BCUT2D eigenvalue weighted by molar-refractivity contribution is -0.143. The first-order valence-electron chi connectivity index (χ1n) is 12.1. The molecule has 35 heavy (non-hydrogen) atoms. The van der Waals surface area contributed by atoms with E-state index in [4.69, 9.17) is 9.47 Å². The Morgan fingerprint density at radius 2 is 1.69 bits per heavy atom. The summed E-state index contributed by atoms with van der Waals surface area (Å²) >= 11 is 0. The number of nitrogens with one attached hydrogen (secondary N) is 2. The van der Waals surface area contributed by atoms with E-state index in [9.17, 15) is 19.5 Å². The summed E-state index contributed by atoms with van der Waals surface area (Å²) in [5.41, 5.74) is 4.64. The van der Waals surface area contributed by atoms with Crippen LogP contribution in [0.25, 0.3) is 11.1 Å². The highest BCUT2D eigenvalue weighted by molar-refractivity contribution is 5.85. The molecule has 2 amide bonds. The number of carboxylic acids is 1. The van der Waals surface area contributed by atoms with Gasteiger partial charge in [0.25, 0.3) is 0 Å². The number of amides is 2. The highest BCUT2D eigenvalue weighted by Gasteiger charge is 2.32. The minimum Gasteiger partial charge on any atom is -0.480 e. The number of fused-ring (bicyclic) bond motifs is 3. The zero-order chi connectivity index (χ0) is 24.8. The quantitative estimate of drug-likeness (QED) is 0.504. The van der Waals surface area contributed by atoms with E-state index < -0.39 is 18.1 Å². The predicted octanol–water partition coefficient (Wildman–Crippen LogP) is 3.69. The molecule has 0 aromatic heterocycles. The van der Waals surface area contributed by atoms with Crippen molar-refractivity contribution >= 4 is 18.0 Å². The van der Waals surface area contributed by atoms with Crippen molar-refractivity contribution in [2.45, 2.75) is 50.1 Å². The molecular formula is C27H32N2O6. The largest absolute Gasteiger partial charge is 0.480 e. The first-order valence-corrected chi connectivity index (χ1v) is 12.1. The minimum atomic E-state index is -1.08. The van der Waals surface area contributed by atoms with Crippen molar-refractivity contribution in [2.24, 2.45) is 5.92 Å². The van der Waals surface area contributed by atoms with E-state index in [-0.39, 0.29) is 43.4 Å². The zero-order valence-electron chi connectivity index (χ0n) is 19.9. The standard InChI is InChI=1S/C27H32N2O6/c1-34-14-13-24(26(31)32)29-25(30)17-7-6-8-18(15-17)28-27(33)35-16-23-21-11-4-2-9-19(21)20-10-3-5-12-22(20)23/h2-5,9-12,17-18,23-24H,6-8,13-16H2,1H3,(H,28,33)(H,29,30)(H,31,32). The van der Waals surface area contributed by atoms with Crippen molar-refractivity contribution in [3.8, 4) is 11.1 Å². The van der Waals surface area contributed by atoms with Gasteiger partial charge in [-0.2, -0.15) is 0 Å². The number of benzene rings is 2. The lowest BCUT2D eigenvalue weighted by Gasteiger charge is -2.29. The maximum absolute atomic E-state index is 12.7. The summed E-state index contributed by atoms with van der Waals surface area (Å²) in [6.07, 6.45) is 2.33. The third kappa shape index (κ3) is 5.82. The van der Waals surface area contributed by atoms with Crippen LogP contribution < -0.4 is 10.6 Å². The Morgan fingerprint density at radius 1 is 1.03 bits per heavy atom. The maximum Gasteiger partial charge on any atom is 0.407 e. The summed E-state index contributed by atoms with van der Waals surface area (Å²) in [6, 6.07) is 15.2. The van der Waals surface area contributed by atoms with Crippen LogP contribution in [0.2, 0.25) is 0 Å². The van der Waals surface area contributed by atoms with E-state index >= 15 is 0 Å². The molecule has 2 aromatic rings. The average molecular weight is 481 g/mol. The SMILES string of the molecule is COCCC(NC(=O)C1CCCC(NC(=O)OCC2c3ccccc3-c3ccccc32)C1)C(=O)O. The molecule has 0 aliphatic heterocycles. The van der Waals surface area contributed by atoms with Gasteiger partial charge in [-0.3, -0.25) is 4.79 Å². The van der Waals surface area contributed by atoms with Crippen LogP contribution in [0, 0.1) is 5.92 Å². The smallest absolute Gasteiger partial charge is 0.407 e. The van der Waals surface area contributed by atoms with Gasteiger partial charge in [0.15, 0.2) is 0 Å². The van der Waals surface area contributed by atoms with Crippen molar-refractivity contribution in [3.63, 3.8) is 0 Å². The Morgan fingerprint density at radius 3 is 2.31 bits per heavy atom. The molecular weight excluding hydrogens is 448 g/mol. The Balaban J connectivity index is 1.30. The molecule has 186 valence electrons. The molecule has 1 fully saturated rings. The Hall–Kier alpha value is -3.39. The first kappa shape index (κ1) is 24.7. The zero-order valence-corrected chi connectivity index (χ0v) is 19.9. The van der Waals surface area contributed by atoms with Gasteiger partial charge in [-0.05, 0) is 41.5 Å². The number of carbonyl (C=O) groups is 3. The number of rotatable bonds is 9. The van der Waals surface area contributed by atoms with Crippen LogP contribution in [0.15, 0.2) is 48.5 Å². The minimum absolute atomic E-state index is 0.0157. The second-order valence-electron chi connectivity index (χ2n) is 9.21. The molecule has 1 saturated carbocycles. The maximum atomic E-state index is 12.7. The monoisotopic (exact) mass is 480 g/mol. The number of ether oxygens (including phenoxy) is 2. The van der Waals surface area contributed by atoms with Gasteiger partial charge in [-0.15, -0.1) is 0 Å². The van der Waals surface area contributed by atoms with Crippen LogP contribution in [0.3, 0.4) is 0 Å². The molecule has 3 unspecified atom stereocenters. The summed E-state index contributed by atoms with van der Waals surface area (Å²) in [6.45, 7) is 0.476. The van der Waals surface area contributed by atoms with Gasteiger partial charge in [-0.1, -0.05) is 55.0 Å². The van der Waals surface area contributed by atoms with Crippen LogP contribution in [-0.2, 0) is 19.1 Å². The lowest BCUT2D eigenvalue weighted by atomic mass is 9.85. The summed E-state index contributed by atoms with van der Waals surface area (Å²) in [5.74, 6) is -1.75. The van der Waals surface area contributed by atoms with Gasteiger partial charge in [0.2, 0.25) is 5.91 Å². The van der Waals surface area contributed by atoms with Crippen molar-refractivity contribution in [3.05, 3.63) is 59.7 Å². The van der Waals surface area contributed by atoms with E-state index in [2.05, 4.69) is 34.9 Å². The molecule has 8 heteroatoms. The van der Waals surface area contributed by atoms with E-state index in [1.807, 2.05) is 24.3 Å². The molecule has 2 aromatic carbocycles. The molecule has 3 N–H and O–H groups in total. The number of aliphatic carboxylic acids is 1. The normalized spacial score (nSPS) is 19.8. The Kier molecular flexibility index (Phi) is 8.02. The lowest BCUT2D eigenvalue weighted by Crippen LogP contribution is -2.47. The second-order valence-corrected chi connectivity index (χ2v) is 9.21. The van der Waals surface area contributed by atoms with Crippen LogP contribution >= 0.6 is 0 Å². The van der Waals surface area contributed by atoms with Crippen molar-refractivity contribution in [1.29, 1.82) is 0 Å². The number of methoxy groups -OCH3 is 1. The number of hydrogen-bond donors (Lipinski definition) is 3. The van der Waals surface area contributed by atoms with Crippen LogP contribution in [0.4, 0.5) is 4.79 Å². The Bertz CT molecular complexity index is 1030. The molecule has 0 radical (unpaired) electrons. The van der Waals surface area contributed by atoms with Crippen molar-refractivity contribution in [1.82, 2.24) is 10.6 Å². The highest BCUT2D eigenvalue weighted by Crippen LogP contribution is 2.44. The molecule has 2 aliphatic carbocycles. The van der Waals surface area contributed by atoms with Gasteiger partial charge in [-0.25, -0.2) is 9.59 Å². The van der Waals surface area contributed by atoms with Crippen molar-refractivity contribution < 1.29 is 29.0 Å². The summed E-state index contributed by atoms with van der Waals surface area (Å²) < 4.78 is 10.6. The Labute approximate surface area is 205 Å². The van der Waals surface area contributed by atoms with Gasteiger partial charge >= 0.3 is 12.1 Å². The molecule has 0 spiro atoms. The third-order valence-corrected chi connectivity index (χ3v) is 6.94. The van der Waals surface area contributed by atoms with Crippen molar-refractivity contribution in [2.75, 3.05) is 20.3 Å². The van der Waals surface area contributed by atoms with E-state index in [1.54, 1.807) is 0 Å². The number of hydrogen-bond acceptors (Lipinski definition) is 5. The number of carboxylic acid groups (broad SMARTS) is 1. The van der Waals surface area contributed by atoms with Gasteiger partial charge in [0.1, 0.15) is 12.6 Å². The molecule has 3 atom stereocenters. The summed E-state index contributed by atoms with van der Waals surface area (Å²) in [5, 5.41) is 14.9. The topological polar surface area (TPSA) is 114 Å². The molecule has 0 heterocycles. The summed E-state index contributed by atoms with van der Waals surface area (Å²) in [7, 11) is 1.49. The van der Waals surface area contributed by atoms with E-state index in [0.29, 0.717) is 12.8 Å². The number of carbonyl (C=O) groups excluding carboxylic acids is 2. The van der Waals surface area contributed by atoms with Gasteiger partial charge < -0.3 is 25.2 Å². The highest BCUT2D eigenvalue weighted by atomic mass is 16.5. The fourth-order valence-electron chi connectivity index (χ4n) is 5.15. The van der Waals surface area contributed by atoms with Crippen LogP contribution in [0.5, 0.6) is 0 Å².